The van der Waals surface area contributed by atoms with Gasteiger partial charge in [-0.15, -0.1) is 0 Å². The SMILES string of the molecule is CCOC(=O)CC(O)C(CC)CCC(C)C1CCC2C(C)CCCC21C. The summed E-state index contributed by atoms with van der Waals surface area (Å²) in [7, 11) is 0. The minimum atomic E-state index is -0.562. The van der Waals surface area contributed by atoms with Crippen molar-refractivity contribution in [3.63, 3.8) is 0 Å². The number of carbonyl (C=O) groups excluding carboxylic acids is 1. The summed E-state index contributed by atoms with van der Waals surface area (Å²) in [5.41, 5.74) is 0.530. The van der Waals surface area contributed by atoms with Crippen molar-refractivity contribution in [1.82, 2.24) is 0 Å². The van der Waals surface area contributed by atoms with E-state index < -0.39 is 6.10 Å². The minimum Gasteiger partial charge on any atom is -0.466 e. The van der Waals surface area contributed by atoms with E-state index in [2.05, 4.69) is 27.7 Å². The van der Waals surface area contributed by atoms with Crippen LogP contribution in [0.25, 0.3) is 0 Å². The lowest BCUT2D eigenvalue weighted by molar-refractivity contribution is -0.146. The number of ether oxygens (including phenoxy) is 1. The first-order chi connectivity index (χ1) is 12.3. The summed E-state index contributed by atoms with van der Waals surface area (Å²) in [4.78, 5) is 11.7. The summed E-state index contributed by atoms with van der Waals surface area (Å²) in [6.45, 7) is 11.8. The number of hydrogen-bond donors (Lipinski definition) is 1. The van der Waals surface area contributed by atoms with Gasteiger partial charge in [-0.2, -0.15) is 0 Å². The number of hydrogen-bond acceptors (Lipinski definition) is 3. The molecule has 152 valence electrons. The maximum atomic E-state index is 11.7. The fourth-order valence-electron chi connectivity index (χ4n) is 6.44. The third-order valence-corrected chi connectivity index (χ3v) is 7.97. The van der Waals surface area contributed by atoms with Crippen LogP contribution in [0, 0.1) is 35.0 Å². The van der Waals surface area contributed by atoms with Crippen LogP contribution in [0.4, 0.5) is 0 Å². The van der Waals surface area contributed by atoms with Crippen molar-refractivity contribution in [2.45, 2.75) is 98.5 Å². The lowest BCUT2D eigenvalue weighted by Gasteiger charge is -2.46. The highest BCUT2D eigenvalue weighted by Crippen LogP contribution is 2.59. The molecule has 0 bridgehead atoms. The second-order valence-electron chi connectivity index (χ2n) is 9.47. The first-order valence-corrected chi connectivity index (χ1v) is 11.2. The monoisotopic (exact) mass is 366 g/mol. The average molecular weight is 367 g/mol. The molecule has 0 heterocycles. The molecule has 2 aliphatic carbocycles. The van der Waals surface area contributed by atoms with Crippen LogP contribution < -0.4 is 0 Å². The maximum Gasteiger partial charge on any atom is 0.308 e. The molecular weight excluding hydrogens is 324 g/mol. The highest BCUT2D eigenvalue weighted by molar-refractivity contribution is 5.69. The van der Waals surface area contributed by atoms with Gasteiger partial charge in [0.25, 0.3) is 0 Å². The lowest BCUT2D eigenvalue weighted by Crippen LogP contribution is -2.38. The number of aliphatic hydroxyl groups is 1. The normalized spacial score (nSPS) is 34.8. The van der Waals surface area contributed by atoms with Crippen molar-refractivity contribution in [3.05, 3.63) is 0 Å². The molecule has 3 nitrogen and oxygen atoms in total. The van der Waals surface area contributed by atoms with Gasteiger partial charge >= 0.3 is 5.97 Å². The van der Waals surface area contributed by atoms with E-state index in [-0.39, 0.29) is 18.3 Å². The topological polar surface area (TPSA) is 46.5 Å². The molecule has 7 unspecified atom stereocenters. The Bertz CT molecular complexity index is 449. The van der Waals surface area contributed by atoms with Crippen LogP contribution in [-0.4, -0.2) is 23.8 Å². The fourth-order valence-corrected chi connectivity index (χ4v) is 6.44. The maximum absolute atomic E-state index is 11.7. The molecule has 2 aliphatic rings. The fraction of sp³-hybridized carbons (Fsp3) is 0.957. The second-order valence-corrected chi connectivity index (χ2v) is 9.47. The Hall–Kier alpha value is -0.570. The first-order valence-electron chi connectivity index (χ1n) is 11.2. The molecule has 0 aliphatic heterocycles. The standard InChI is InChI=1S/C23H42O3/c1-6-18(21(24)15-22(25)26-7-2)11-10-17(4)20-13-12-19-16(3)9-8-14-23(19,20)5/h16-21,24H,6-15H2,1-5H3. The molecule has 0 spiro atoms. The molecule has 1 N–H and O–H groups in total. The van der Waals surface area contributed by atoms with Gasteiger partial charge in [0.15, 0.2) is 0 Å². The van der Waals surface area contributed by atoms with Gasteiger partial charge in [-0.1, -0.05) is 53.4 Å². The Morgan fingerprint density at radius 1 is 1.23 bits per heavy atom. The van der Waals surface area contributed by atoms with Crippen molar-refractivity contribution >= 4 is 5.97 Å². The van der Waals surface area contributed by atoms with Crippen LogP contribution in [0.1, 0.15) is 92.4 Å². The Morgan fingerprint density at radius 2 is 1.96 bits per heavy atom. The summed E-state index contributed by atoms with van der Waals surface area (Å²) in [6.07, 6.45) is 9.70. The van der Waals surface area contributed by atoms with E-state index in [1.54, 1.807) is 0 Å². The molecule has 2 fully saturated rings. The third kappa shape index (κ3) is 4.82. The molecule has 3 heteroatoms. The molecule has 0 radical (unpaired) electrons. The van der Waals surface area contributed by atoms with Crippen molar-refractivity contribution in [1.29, 1.82) is 0 Å². The molecule has 0 amide bonds. The summed E-state index contributed by atoms with van der Waals surface area (Å²) in [5, 5.41) is 10.5. The zero-order valence-corrected chi connectivity index (χ0v) is 17.8. The molecule has 0 aromatic heterocycles. The van der Waals surface area contributed by atoms with Gasteiger partial charge in [-0.25, -0.2) is 0 Å². The smallest absolute Gasteiger partial charge is 0.308 e. The summed E-state index contributed by atoms with van der Waals surface area (Å²) in [5.74, 6) is 3.28. The molecule has 0 saturated heterocycles. The van der Waals surface area contributed by atoms with Crippen LogP contribution in [0.5, 0.6) is 0 Å². The Balaban J connectivity index is 1.88. The predicted octanol–water partition coefficient (Wildman–Crippen LogP) is 5.60. The number of rotatable bonds is 9. The van der Waals surface area contributed by atoms with Crippen LogP contribution in [-0.2, 0) is 9.53 Å². The van der Waals surface area contributed by atoms with Crippen molar-refractivity contribution in [2.24, 2.45) is 35.0 Å². The van der Waals surface area contributed by atoms with Gasteiger partial charge in [-0.3, -0.25) is 4.79 Å². The Morgan fingerprint density at radius 3 is 2.62 bits per heavy atom. The van der Waals surface area contributed by atoms with E-state index in [0.29, 0.717) is 17.9 Å². The first kappa shape index (κ1) is 21.7. The summed E-state index contributed by atoms with van der Waals surface area (Å²) < 4.78 is 5.00. The highest BCUT2D eigenvalue weighted by atomic mass is 16.5. The predicted molar refractivity (Wildman–Crippen MR) is 107 cm³/mol. The average Bonchev–Trinajstić information content (AvgIpc) is 2.93. The molecule has 2 saturated carbocycles. The van der Waals surface area contributed by atoms with Crippen molar-refractivity contribution in [3.8, 4) is 0 Å². The van der Waals surface area contributed by atoms with Gasteiger partial charge < -0.3 is 9.84 Å². The largest absolute Gasteiger partial charge is 0.466 e. The molecule has 2 rings (SSSR count). The zero-order valence-electron chi connectivity index (χ0n) is 17.8. The zero-order chi connectivity index (χ0) is 19.3. The van der Waals surface area contributed by atoms with Crippen LogP contribution in [0.2, 0.25) is 0 Å². The van der Waals surface area contributed by atoms with Gasteiger partial charge in [0.2, 0.25) is 0 Å². The van der Waals surface area contributed by atoms with Gasteiger partial charge in [0, 0.05) is 0 Å². The van der Waals surface area contributed by atoms with E-state index in [4.69, 9.17) is 4.74 Å². The van der Waals surface area contributed by atoms with E-state index in [1.807, 2.05) is 6.92 Å². The lowest BCUT2D eigenvalue weighted by atomic mass is 9.59. The molecular formula is C23H42O3. The summed E-state index contributed by atoms with van der Waals surface area (Å²) >= 11 is 0. The number of aliphatic hydroxyl groups excluding tert-OH is 1. The number of carbonyl (C=O) groups is 1. The third-order valence-electron chi connectivity index (χ3n) is 7.97. The molecule has 0 aromatic carbocycles. The second kappa shape index (κ2) is 9.57. The van der Waals surface area contributed by atoms with E-state index in [0.717, 1.165) is 30.6 Å². The molecule has 26 heavy (non-hydrogen) atoms. The highest BCUT2D eigenvalue weighted by Gasteiger charge is 2.51. The van der Waals surface area contributed by atoms with Gasteiger partial charge in [0.05, 0.1) is 19.1 Å². The van der Waals surface area contributed by atoms with Gasteiger partial charge in [0.1, 0.15) is 0 Å². The number of esters is 1. The molecule has 0 aromatic rings. The Labute approximate surface area is 161 Å². The van der Waals surface area contributed by atoms with Crippen LogP contribution >= 0.6 is 0 Å². The van der Waals surface area contributed by atoms with Crippen LogP contribution in [0.3, 0.4) is 0 Å². The van der Waals surface area contributed by atoms with Crippen LogP contribution in [0.15, 0.2) is 0 Å². The van der Waals surface area contributed by atoms with E-state index >= 15 is 0 Å². The summed E-state index contributed by atoms with van der Waals surface area (Å²) in [6, 6.07) is 0. The molecule has 7 atom stereocenters. The van der Waals surface area contributed by atoms with Crippen molar-refractivity contribution in [2.75, 3.05) is 6.61 Å². The van der Waals surface area contributed by atoms with E-state index in [1.165, 1.54) is 38.5 Å². The van der Waals surface area contributed by atoms with E-state index in [9.17, 15) is 9.90 Å². The van der Waals surface area contributed by atoms with Gasteiger partial charge in [-0.05, 0) is 67.6 Å². The minimum absolute atomic E-state index is 0.140. The Kier molecular flexibility index (Phi) is 8.00. The number of fused-ring (bicyclic) bond motifs is 1. The van der Waals surface area contributed by atoms with Crippen molar-refractivity contribution < 1.29 is 14.6 Å². The quantitative estimate of drug-likeness (QED) is 0.541.